The Kier molecular flexibility index (Phi) is 11.9. The van der Waals surface area contributed by atoms with Gasteiger partial charge in [0.15, 0.2) is 0 Å². The van der Waals surface area contributed by atoms with E-state index < -0.39 is 0 Å². The molecule has 11 nitrogen and oxygen atoms in total. The molecule has 0 bridgehead atoms. The first-order valence-electron chi connectivity index (χ1n) is 16.4. The maximum Gasteiger partial charge on any atom is 0.223 e. The van der Waals surface area contributed by atoms with E-state index in [-0.39, 0.29) is 36.3 Å². The number of nitrogens with two attached hydrogens (primary N) is 1. The van der Waals surface area contributed by atoms with E-state index in [1.807, 2.05) is 0 Å². The lowest BCUT2D eigenvalue weighted by Crippen LogP contribution is -2.59. The molecule has 0 spiro atoms. The number of nitrogens with one attached hydrogen (secondary N) is 7. The number of nitrogens with zero attached hydrogens (tertiary/aromatic N) is 1. The zero-order valence-corrected chi connectivity index (χ0v) is 24.8. The molecule has 2 aliphatic carbocycles. The number of hydrazine groups is 1. The summed E-state index contributed by atoms with van der Waals surface area (Å²) >= 11 is 0. The van der Waals surface area contributed by atoms with E-state index in [4.69, 9.17) is 10.5 Å². The number of hydrogen-bond acceptors (Lipinski definition) is 10. The topological polar surface area (TPSA) is 140 Å². The number of amides is 1. The average molecular weight is 564 g/mol. The van der Waals surface area contributed by atoms with Crippen LogP contribution in [0.15, 0.2) is 0 Å². The van der Waals surface area contributed by atoms with Gasteiger partial charge in [-0.15, -0.1) is 0 Å². The fourth-order valence-electron chi connectivity index (χ4n) is 7.72. The Morgan fingerprint density at radius 1 is 1.00 bits per heavy atom. The van der Waals surface area contributed by atoms with Crippen LogP contribution in [0, 0.1) is 17.8 Å². The van der Waals surface area contributed by atoms with Crippen LogP contribution in [0.2, 0.25) is 0 Å². The molecule has 40 heavy (non-hydrogen) atoms. The predicted octanol–water partition coefficient (Wildman–Crippen LogP) is -0.246. The summed E-state index contributed by atoms with van der Waals surface area (Å²) < 4.78 is 6.25. The summed E-state index contributed by atoms with van der Waals surface area (Å²) in [5.41, 5.74) is 13.4. The maximum absolute atomic E-state index is 13.1. The largest absolute Gasteiger partial charge is 0.375 e. The van der Waals surface area contributed by atoms with Crippen LogP contribution < -0.4 is 43.2 Å². The molecule has 0 aromatic heterocycles. The molecule has 3 heterocycles. The molecule has 2 saturated carbocycles. The van der Waals surface area contributed by atoms with Crippen LogP contribution in [0.1, 0.15) is 71.1 Å². The smallest absolute Gasteiger partial charge is 0.223 e. The lowest BCUT2D eigenvalue weighted by Gasteiger charge is -2.37. The van der Waals surface area contributed by atoms with Crippen molar-refractivity contribution in [1.29, 1.82) is 0 Å². The summed E-state index contributed by atoms with van der Waals surface area (Å²) in [4.78, 5) is 15.7. The molecule has 9 atom stereocenters. The summed E-state index contributed by atoms with van der Waals surface area (Å²) in [7, 11) is 0. The lowest BCUT2D eigenvalue weighted by molar-refractivity contribution is -0.126. The van der Waals surface area contributed by atoms with E-state index in [2.05, 4.69) is 49.3 Å². The van der Waals surface area contributed by atoms with Gasteiger partial charge in [-0.05, 0) is 82.8 Å². The molecule has 0 aromatic carbocycles. The van der Waals surface area contributed by atoms with E-state index in [1.54, 1.807) is 0 Å². The van der Waals surface area contributed by atoms with Crippen molar-refractivity contribution in [1.82, 2.24) is 42.3 Å². The second-order valence-electron chi connectivity index (χ2n) is 12.9. The van der Waals surface area contributed by atoms with Crippen molar-refractivity contribution in [2.24, 2.45) is 23.5 Å². The Morgan fingerprint density at radius 3 is 2.67 bits per heavy atom. The van der Waals surface area contributed by atoms with Gasteiger partial charge in [-0.2, -0.15) is 0 Å². The third kappa shape index (κ3) is 8.14. The second kappa shape index (κ2) is 15.5. The summed E-state index contributed by atoms with van der Waals surface area (Å²) in [5.74, 6) is 1.67. The molecule has 3 aliphatic heterocycles. The first-order chi connectivity index (χ1) is 19.6. The molecule has 11 heteroatoms. The molecule has 5 aliphatic rings. The van der Waals surface area contributed by atoms with Gasteiger partial charge in [0.1, 0.15) is 0 Å². The Hall–Kier alpha value is -0.890. The molecule has 3 saturated heterocycles. The SMILES string of the molecule is CCC1CNCCC1CNC(=O)C1CCCC(NCC2NNC(C3CCNCN3)N2CCOC2CCCC2N)C1. The van der Waals surface area contributed by atoms with Crippen molar-refractivity contribution >= 4 is 5.91 Å². The quantitative estimate of drug-likeness (QED) is 0.160. The van der Waals surface area contributed by atoms with Gasteiger partial charge in [0, 0.05) is 50.3 Å². The summed E-state index contributed by atoms with van der Waals surface area (Å²) in [6.45, 7) is 9.52. The fraction of sp³-hybridized carbons (Fsp3) is 0.966. The van der Waals surface area contributed by atoms with Gasteiger partial charge in [0.25, 0.3) is 0 Å². The third-order valence-electron chi connectivity index (χ3n) is 10.3. The van der Waals surface area contributed by atoms with Crippen LogP contribution >= 0.6 is 0 Å². The maximum atomic E-state index is 13.1. The zero-order chi connectivity index (χ0) is 27.7. The Labute approximate surface area is 241 Å². The molecule has 9 unspecified atom stereocenters. The Bertz CT molecular complexity index is 770. The zero-order valence-electron chi connectivity index (χ0n) is 24.8. The molecule has 230 valence electrons. The molecular formula is C29H57N9O2. The third-order valence-corrected chi connectivity index (χ3v) is 10.3. The van der Waals surface area contributed by atoms with Crippen LogP contribution in [-0.2, 0) is 9.53 Å². The van der Waals surface area contributed by atoms with Gasteiger partial charge in [-0.1, -0.05) is 19.8 Å². The number of carbonyl (C=O) groups is 1. The van der Waals surface area contributed by atoms with Gasteiger partial charge in [-0.3, -0.25) is 15.0 Å². The lowest BCUT2D eigenvalue weighted by atomic mass is 9.83. The predicted molar refractivity (Wildman–Crippen MR) is 158 cm³/mol. The number of rotatable bonds is 12. The second-order valence-corrected chi connectivity index (χ2v) is 12.9. The number of hydrogen-bond donors (Lipinski definition) is 8. The van der Waals surface area contributed by atoms with E-state index in [1.165, 1.54) is 19.3 Å². The highest BCUT2D eigenvalue weighted by molar-refractivity contribution is 5.78. The monoisotopic (exact) mass is 563 g/mol. The first-order valence-corrected chi connectivity index (χ1v) is 16.4. The summed E-state index contributed by atoms with van der Waals surface area (Å²) in [6.07, 6.45) is 11.5. The van der Waals surface area contributed by atoms with Crippen molar-refractivity contribution < 1.29 is 9.53 Å². The molecular weight excluding hydrogens is 506 g/mol. The minimum absolute atomic E-state index is 0.120. The van der Waals surface area contributed by atoms with Crippen LogP contribution in [0.25, 0.3) is 0 Å². The standard InChI is InChI=1S/C29H57N9O2/c1-2-20-16-31-11-9-22(20)17-34-29(39)21-5-3-6-23(15-21)33-18-27-36-37-28(25-10-12-32-19-35-25)38(27)13-14-40-26-8-4-7-24(26)30/h20-28,31-33,35-37H,2-19,30H2,1H3,(H,34,39). The van der Waals surface area contributed by atoms with Crippen LogP contribution in [0.5, 0.6) is 0 Å². The highest BCUT2D eigenvalue weighted by atomic mass is 16.5. The minimum atomic E-state index is 0.120. The fourth-order valence-corrected chi connectivity index (χ4v) is 7.72. The van der Waals surface area contributed by atoms with Gasteiger partial charge >= 0.3 is 0 Å². The van der Waals surface area contributed by atoms with Gasteiger partial charge < -0.3 is 31.7 Å². The number of piperidine rings is 1. The first kappa shape index (κ1) is 30.6. The molecule has 9 N–H and O–H groups in total. The van der Waals surface area contributed by atoms with Crippen molar-refractivity contribution in [2.45, 2.75) is 108 Å². The van der Waals surface area contributed by atoms with Crippen molar-refractivity contribution in [3.63, 3.8) is 0 Å². The summed E-state index contributed by atoms with van der Waals surface area (Å²) in [5, 5.41) is 17.7. The Morgan fingerprint density at radius 2 is 1.88 bits per heavy atom. The van der Waals surface area contributed by atoms with Gasteiger partial charge in [0.05, 0.1) is 25.0 Å². The van der Waals surface area contributed by atoms with E-state index in [0.29, 0.717) is 30.5 Å². The van der Waals surface area contributed by atoms with Crippen molar-refractivity contribution in [3.8, 4) is 0 Å². The van der Waals surface area contributed by atoms with Crippen LogP contribution in [-0.4, -0.2) is 99.9 Å². The number of ether oxygens (including phenoxy) is 1. The summed E-state index contributed by atoms with van der Waals surface area (Å²) in [6, 6.07) is 0.931. The van der Waals surface area contributed by atoms with E-state index >= 15 is 0 Å². The highest BCUT2D eigenvalue weighted by Crippen LogP contribution is 2.26. The van der Waals surface area contributed by atoms with E-state index in [9.17, 15) is 4.79 Å². The van der Waals surface area contributed by atoms with Crippen LogP contribution in [0.3, 0.4) is 0 Å². The molecule has 5 rings (SSSR count). The minimum Gasteiger partial charge on any atom is -0.375 e. The Balaban J connectivity index is 1.09. The van der Waals surface area contributed by atoms with Crippen molar-refractivity contribution in [3.05, 3.63) is 0 Å². The molecule has 0 radical (unpaired) electrons. The van der Waals surface area contributed by atoms with Gasteiger partial charge in [0.2, 0.25) is 5.91 Å². The average Bonchev–Trinajstić information content (AvgIpc) is 3.61. The molecule has 5 fully saturated rings. The van der Waals surface area contributed by atoms with Crippen molar-refractivity contribution in [2.75, 3.05) is 52.5 Å². The molecule has 1 amide bonds. The highest BCUT2D eigenvalue weighted by Gasteiger charge is 2.39. The normalized spacial score (nSPS) is 39.4. The van der Waals surface area contributed by atoms with E-state index in [0.717, 1.165) is 90.9 Å². The van der Waals surface area contributed by atoms with Crippen LogP contribution in [0.4, 0.5) is 0 Å². The number of carbonyl (C=O) groups excluding carboxylic acids is 1. The van der Waals surface area contributed by atoms with Gasteiger partial charge in [-0.25, -0.2) is 10.9 Å². The molecule has 0 aromatic rings.